The third kappa shape index (κ3) is 8.55. The van der Waals surface area contributed by atoms with E-state index in [1.807, 2.05) is 0 Å². The normalized spacial score (nSPS) is 11.6. The van der Waals surface area contributed by atoms with Crippen LogP contribution in [-0.4, -0.2) is 24.5 Å². The van der Waals surface area contributed by atoms with Crippen molar-refractivity contribution in [3.63, 3.8) is 0 Å². The van der Waals surface area contributed by atoms with Crippen molar-refractivity contribution in [2.24, 2.45) is 5.92 Å². The molecule has 0 aliphatic carbocycles. The number of unbranched alkanes of at least 4 members (excludes halogenated alkanes) is 2. The number of nitrogens with zero attached hydrogens (tertiary/aromatic N) is 1. The van der Waals surface area contributed by atoms with Crippen LogP contribution in [-0.2, 0) is 0 Å². The summed E-state index contributed by atoms with van der Waals surface area (Å²) in [5.74, 6) is 0.848. The molecule has 0 rings (SSSR count). The molecule has 14 heavy (non-hydrogen) atoms. The van der Waals surface area contributed by atoms with E-state index in [4.69, 9.17) is 0 Å². The van der Waals surface area contributed by atoms with Crippen LogP contribution in [0.15, 0.2) is 0 Å². The zero-order valence-electron chi connectivity index (χ0n) is 10.7. The minimum atomic E-state index is 0.848. The molecule has 0 bridgehead atoms. The van der Waals surface area contributed by atoms with Crippen LogP contribution in [0.4, 0.5) is 0 Å². The van der Waals surface area contributed by atoms with Crippen molar-refractivity contribution in [1.29, 1.82) is 0 Å². The molecule has 86 valence electrons. The zero-order chi connectivity index (χ0) is 10.8. The van der Waals surface area contributed by atoms with Gasteiger partial charge in [0.15, 0.2) is 0 Å². The summed E-state index contributed by atoms with van der Waals surface area (Å²) in [6.45, 7) is 13.1. The SMILES string of the molecule is CCCCCN(CCC)CCC(C)C. The zero-order valence-corrected chi connectivity index (χ0v) is 10.7. The van der Waals surface area contributed by atoms with E-state index in [-0.39, 0.29) is 0 Å². The van der Waals surface area contributed by atoms with E-state index in [2.05, 4.69) is 32.6 Å². The van der Waals surface area contributed by atoms with Crippen molar-refractivity contribution in [1.82, 2.24) is 4.90 Å². The predicted molar refractivity (Wildman–Crippen MR) is 65.7 cm³/mol. The lowest BCUT2D eigenvalue weighted by Crippen LogP contribution is -2.27. The van der Waals surface area contributed by atoms with Crippen LogP contribution >= 0.6 is 0 Å². The van der Waals surface area contributed by atoms with Crippen LogP contribution in [0.3, 0.4) is 0 Å². The standard InChI is InChI=1S/C13H29N/c1-5-7-8-11-14(10-6-2)12-9-13(3)4/h13H,5-12H2,1-4H3. The van der Waals surface area contributed by atoms with E-state index < -0.39 is 0 Å². The summed E-state index contributed by atoms with van der Waals surface area (Å²) in [7, 11) is 0. The highest BCUT2D eigenvalue weighted by atomic mass is 15.1. The lowest BCUT2D eigenvalue weighted by molar-refractivity contribution is 0.253. The second kappa shape index (κ2) is 9.51. The second-order valence-corrected chi connectivity index (χ2v) is 4.73. The fourth-order valence-corrected chi connectivity index (χ4v) is 1.68. The average Bonchev–Trinajstić information content (AvgIpc) is 2.14. The molecule has 0 saturated heterocycles. The Morgan fingerprint density at radius 1 is 0.857 bits per heavy atom. The van der Waals surface area contributed by atoms with Gasteiger partial charge < -0.3 is 4.90 Å². The van der Waals surface area contributed by atoms with Gasteiger partial charge in [-0.1, -0.05) is 40.5 Å². The number of rotatable bonds is 9. The second-order valence-electron chi connectivity index (χ2n) is 4.73. The van der Waals surface area contributed by atoms with Crippen LogP contribution in [0, 0.1) is 5.92 Å². The first-order chi connectivity index (χ1) is 6.70. The summed E-state index contributed by atoms with van der Waals surface area (Å²) in [4.78, 5) is 2.63. The molecule has 0 aromatic heterocycles. The Bertz CT molecular complexity index is 110. The van der Waals surface area contributed by atoms with Crippen LogP contribution < -0.4 is 0 Å². The molecular weight excluding hydrogens is 170 g/mol. The largest absolute Gasteiger partial charge is 0.303 e. The van der Waals surface area contributed by atoms with Crippen molar-refractivity contribution in [2.45, 2.75) is 59.8 Å². The molecule has 0 aliphatic rings. The van der Waals surface area contributed by atoms with Gasteiger partial charge in [-0.05, 0) is 44.8 Å². The van der Waals surface area contributed by atoms with E-state index in [9.17, 15) is 0 Å². The van der Waals surface area contributed by atoms with E-state index in [0.29, 0.717) is 0 Å². The highest BCUT2D eigenvalue weighted by Crippen LogP contribution is 2.05. The van der Waals surface area contributed by atoms with Gasteiger partial charge in [0.2, 0.25) is 0 Å². The molecule has 0 unspecified atom stereocenters. The van der Waals surface area contributed by atoms with Crippen molar-refractivity contribution < 1.29 is 0 Å². The maximum Gasteiger partial charge on any atom is -0.00163 e. The maximum atomic E-state index is 2.63. The molecule has 0 aliphatic heterocycles. The summed E-state index contributed by atoms with van der Waals surface area (Å²) in [6, 6.07) is 0. The molecule has 0 N–H and O–H groups in total. The highest BCUT2D eigenvalue weighted by Gasteiger charge is 2.04. The third-order valence-corrected chi connectivity index (χ3v) is 2.64. The lowest BCUT2D eigenvalue weighted by atomic mass is 10.1. The summed E-state index contributed by atoms with van der Waals surface area (Å²) < 4.78 is 0. The smallest absolute Gasteiger partial charge is 0.00163 e. The predicted octanol–water partition coefficient (Wildman–Crippen LogP) is 3.93. The highest BCUT2D eigenvalue weighted by molar-refractivity contribution is 4.59. The van der Waals surface area contributed by atoms with Gasteiger partial charge in [0, 0.05) is 0 Å². The molecule has 0 heterocycles. The van der Waals surface area contributed by atoms with Gasteiger partial charge in [0.25, 0.3) is 0 Å². The van der Waals surface area contributed by atoms with Gasteiger partial charge >= 0.3 is 0 Å². The van der Waals surface area contributed by atoms with Crippen LogP contribution in [0.2, 0.25) is 0 Å². The fourth-order valence-electron chi connectivity index (χ4n) is 1.68. The molecule has 1 heteroatoms. The summed E-state index contributed by atoms with van der Waals surface area (Å²) in [5, 5.41) is 0. The third-order valence-electron chi connectivity index (χ3n) is 2.64. The van der Waals surface area contributed by atoms with Crippen molar-refractivity contribution in [3.8, 4) is 0 Å². The number of hydrogen-bond acceptors (Lipinski definition) is 1. The molecule has 0 atom stereocenters. The Balaban J connectivity index is 3.54. The molecule has 0 saturated carbocycles. The van der Waals surface area contributed by atoms with E-state index >= 15 is 0 Å². The maximum absolute atomic E-state index is 2.63. The summed E-state index contributed by atoms with van der Waals surface area (Å²) >= 11 is 0. The van der Waals surface area contributed by atoms with Crippen LogP contribution in [0.25, 0.3) is 0 Å². The lowest BCUT2D eigenvalue weighted by Gasteiger charge is -2.22. The molecule has 0 spiro atoms. The molecule has 0 fully saturated rings. The quantitative estimate of drug-likeness (QED) is 0.508. The van der Waals surface area contributed by atoms with E-state index in [1.54, 1.807) is 0 Å². The first kappa shape index (κ1) is 14.0. The topological polar surface area (TPSA) is 3.24 Å². The van der Waals surface area contributed by atoms with Crippen LogP contribution in [0.5, 0.6) is 0 Å². The molecule has 0 aromatic carbocycles. The van der Waals surface area contributed by atoms with Gasteiger partial charge in [-0.3, -0.25) is 0 Å². The molecular formula is C13H29N. The Kier molecular flexibility index (Phi) is 9.49. The Hall–Kier alpha value is -0.0400. The summed E-state index contributed by atoms with van der Waals surface area (Å²) in [6.07, 6.45) is 6.76. The molecule has 0 aromatic rings. The van der Waals surface area contributed by atoms with Crippen molar-refractivity contribution in [2.75, 3.05) is 19.6 Å². The van der Waals surface area contributed by atoms with Gasteiger partial charge in [-0.25, -0.2) is 0 Å². The van der Waals surface area contributed by atoms with E-state index in [0.717, 1.165) is 5.92 Å². The van der Waals surface area contributed by atoms with Crippen molar-refractivity contribution in [3.05, 3.63) is 0 Å². The minimum absolute atomic E-state index is 0.848. The van der Waals surface area contributed by atoms with Gasteiger partial charge in [0.1, 0.15) is 0 Å². The van der Waals surface area contributed by atoms with Crippen molar-refractivity contribution >= 4 is 0 Å². The Labute approximate surface area is 90.9 Å². The van der Waals surface area contributed by atoms with E-state index in [1.165, 1.54) is 51.7 Å². The fraction of sp³-hybridized carbons (Fsp3) is 1.00. The van der Waals surface area contributed by atoms with Gasteiger partial charge in [0.05, 0.1) is 0 Å². The summed E-state index contributed by atoms with van der Waals surface area (Å²) in [5.41, 5.74) is 0. The Morgan fingerprint density at radius 2 is 1.57 bits per heavy atom. The molecule has 0 amide bonds. The minimum Gasteiger partial charge on any atom is -0.303 e. The van der Waals surface area contributed by atoms with Gasteiger partial charge in [-0.15, -0.1) is 0 Å². The monoisotopic (exact) mass is 199 g/mol. The molecule has 1 nitrogen and oxygen atoms in total. The first-order valence-electron chi connectivity index (χ1n) is 6.43. The Morgan fingerprint density at radius 3 is 2.07 bits per heavy atom. The molecule has 0 radical (unpaired) electrons. The first-order valence-corrected chi connectivity index (χ1v) is 6.43. The number of hydrogen-bond donors (Lipinski definition) is 0. The van der Waals surface area contributed by atoms with Gasteiger partial charge in [-0.2, -0.15) is 0 Å². The average molecular weight is 199 g/mol. The van der Waals surface area contributed by atoms with Crippen LogP contribution in [0.1, 0.15) is 59.8 Å².